The van der Waals surface area contributed by atoms with E-state index in [1.807, 2.05) is 13.0 Å². The van der Waals surface area contributed by atoms with Gasteiger partial charge in [0.25, 0.3) is 0 Å². The van der Waals surface area contributed by atoms with Gasteiger partial charge >= 0.3 is 0 Å². The van der Waals surface area contributed by atoms with E-state index >= 15 is 0 Å². The lowest BCUT2D eigenvalue weighted by atomic mass is 10.2. The molecular formula is C23H42N2O2. The van der Waals surface area contributed by atoms with E-state index in [4.69, 9.17) is 9.47 Å². The van der Waals surface area contributed by atoms with Gasteiger partial charge in [-0.1, -0.05) is 39.7 Å². The van der Waals surface area contributed by atoms with Crippen LogP contribution in [0.5, 0.6) is 11.5 Å². The summed E-state index contributed by atoms with van der Waals surface area (Å²) in [5.74, 6) is 1.71. The van der Waals surface area contributed by atoms with Crippen LogP contribution in [0.25, 0.3) is 0 Å². The van der Waals surface area contributed by atoms with E-state index in [-0.39, 0.29) is 0 Å². The Kier molecular flexibility index (Phi) is 13.9. The number of hydrogen-bond acceptors (Lipinski definition) is 4. The lowest BCUT2D eigenvalue weighted by Crippen LogP contribution is -2.29. The molecule has 4 heteroatoms. The molecule has 1 aromatic rings. The molecule has 0 aliphatic heterocycles. The Morgan fingerprint density at radius 1 is 0.815 bits per heavy atom. The molecule has 0 unspecified atom stereocenters. The van der Waals surface area contributed by atoms with Crippen molar-refractivity contribution in [2.45, 2.75) is 72.8 Å². The van der Waals surface area contributed by atoms with Gasteiger partial charge in [0.05, 0.1) is 13.2 Å². The fourth-order valence-corrected chi connectivity index (χ4v) is 3.02. The minimum absolute atomic E-state index is 0.657. The summed E-state index contributed by atoms with van der Waals surface area (Å²) in [6, 6.07) is 6.28. The van der Waals surface area contributed by atoms with Gasteiger partial charge in [0, 0.05) is 6.54 Å². The van der Waals surface area contributed by atoms with Crippen molar-refractivity contribution >= 4 is 0 Å². The first-order chi connectivity index (χ1) is 13.2. The molecule has 0 spiro atoms. The van der Waals surface area contributed by atoms with E-state index in [0.717, 1.165) is 37.6 Å². The smallest absolute Gasteiger partial charge is 0.161 e. The van der Waals surface area contributed by atoms with Gasteiger partial charge in [-0.05, 0) is 76.5 Å². The monoisotopic (exact) mass is 378 g/mol. The molecule has 156 valence electrons. The molecule has 27 heavy (non-hydrogen) atoms. The van der Waals surface area contributed by atoms with Crippen LogP contribution in [0.15, 0.2) is 18.2 Å². The zero-order valence-electron chi connectivity index (χ0n) is 18.2. The molecule has 0 saturated carbocycles. The van der Waals surface area contributed by atoms with Crippen molar-refractivity contribution < 1.29 is 9.47 Å². The highest BCUT2D eigenvalue weighted by atomic mass is 16.5. The van der Waals surface area contributed by atoms with E-state index < -0.39 is 0 Å². The summed E-state index contributed by atoms with van der Waals surface area (Å²) >= 11 is 0. The van der Waals surface area contributed by atoms with Crippen LogP contribution in [0, 0.1) is 0 Å². The topological polar surface area (TPSA) is 33.7 Å². The lowest BCUT2D eigenvalue weighted by molar-refractivity contribution is 0.261. The van der Waals surface area contributed by atoms with Gasteiger partial charge in [0.2, 0.25) is 0 Å². The van der Waals surface area contributed by atoms with E-state index in [1.165, 1.54) is 57.3 Å². The normalized spacial score (nSPS) is 11.1. The first-order valence-electron chi connectivity index (χ1n) is 11.1. The molecule has 0 aliphatic carbocycles. The molecule has 0 heterocycles. The lowest BCUT2D eigenvalue weighted by Gasteiger charge is -2.22. The van der Waals surface area contributed by atoms with Gasteiger partial charge in [-0.3, -0.25) is 0 Å². The minimum atomic E-state index is 0.657. The largest absolute Gasteiger partial charge is 0.490 e. The van der Waals surface area contributed by atoms with Gasteiger partial charge in [-0.25, -0.2) is 0 Å². The van der Waals surface area contributed by atoms with Crippen molar-refractivity contribution in [3.05, 3.63) is 23.8 Å². The highest BCUT2D eigenvalue weighted by molar-refractivity contribution is 5.43. The number of nitrogens with zero attached hydrogens (tertiary/aromatic N) is 1. The summed E-state index contributed by atoms with van der Waals surface area (Å²) in [5.41, 5.74) is 1.25. The molecule has 0 saturated heterocycles. The van der Waals surface area contributed by atoms with Gasteiger partial charge in [-0.2, -0.15) is 0 Å². The summed E-state index contributed by atoms with van der Waals surface area (Å²) in [4.78, 5) is 2.63. The van der Waals surface area contributed by atoms with Crippen LogP contribution in [0.3, 0.4) is 0 Å². The van der Waals surface area contributed by atoms with Crippen LogP contribution in [0.1, 0.15) is 71.8 Å². The average molecular weight is 379 g/mol. The number of unbranched alkanes of at least 4 members (excludes halogenated alkanes) is 2. The van der Waals surface area contributed by atoms with E-state index in [9.17, 15) is 0 Å². The van der Waals surface area contributed by atoms with Gasteiger partial charge in [0.15, 0.2) is 11.5 Å². The maximum Gasteiger partial charge on any atom is 0.161 e. The Hall–Kier alpha value is -1.26. The summed E-state index contributed by atoms with van der Waals surface area (Å²) in [6.07, 6.45) is 7.38. The Bertz CT molecular complexity index is 471. The average Bonchev–Trinajstić information content (AvgIpc) is 2.68. The fraction of sp³-hybridized carbons (Fsp3) is 0.739. The van der Waals surface area contributed by atoms with E-state index in [1.54, 1.807) is 0 Å². The minimum Gasteiger partial charge on any atom is -0.490 e. The van der Waals surface area contributed by atoms with Crippen molar-refractivity contribution in [2.75, 3.05) is 39.4 Å². The van der Waals surface area contributed by atoms with Gasteiger partial charge in [0.1, 0.15) is 0 Å². The predicted octanol–water partition coefficient (Wildman–Crippen LogP) is 5.26. The fourth-order valence-electron chi connectivity index (χ4n) is 3.02. The Morgan fingerprint density at radius 2 is 1.52 bits per heavy atom. The summed E-state index contributed by atoms with van der Waals surface area (Å²) in [7, 11) is 0. The highest BCUT2D eigenvalue weighted by Gasteiger charge is 2.07. The SMILES string of the molecule is CCCCN(CCCC)CCCNCc1ccc(OCCC)c(OCC)c1. The van der Waals surface area contributed by atoms with Crippen molar-refractivity contribution in [3.8, 4) is 11.5 Å². The second-order valence-electron chi connectivity index (χ2n) is 7.14. The molecule has 0 aromatic heterocycles. The molecule has 0 atom stereocenters. The van der Waals surface area contributed by atoms with Gasteiger partial charge in [-0.15, -0.1) is 0 Å². The Labute approximate surface area is 167 Å². The number of ether oxygens (including phenoxy) is 2. The third-order valence-corrected chi connectivity index (χ3v) is 4.58. The molecule has 1 N–H and O–H groups in total. The highest BCUT2D eigenvalue weighted by Crippen LogP contribution is 2.28. The van der Waals surface area contributed by atoms with Crippen LogP contribution >= 0.6 is 0 Å². The maximum absolute atomic E-state index is 5.78. The van der Waals surface area contributed by atoms with Crippen molar-refractivity contribution in [3.63, 3.8) is 0 Å². The van der Waals surface area contributed by atoms with Crippen LogP contribution in [-0.4, -0.2) is 44.3 Å². The number of nitrogens with one attached hydrogen (secondary N) is 1. The third kappa shape index (κ3) is 10.6. The van der Waals surface area contributed by atoms with E-state index in [2.05, 4.69) is 43.1 Å². The molecule has 1 aromatic carbocycles. The van der Waals surface area contributed by atoms with Crippen molar-refractivity contribution in [1.29, 1.82) is 0 Å². The second-order valence-corrected chi connectivity index (χ2v) is 7.14. The molecule has 0 amide bonds. The van der Waals surface area contributed by atoms with Crippen molar-refractivity contribution in [1.82, 2.24) is 10.2 Å². The van der Waals surface area contributed by atoms with Crippen LogP contribution < -0.4 is 14.8 Å². The molecule has 0 bridgehead atoms. The van der Waals surface area contributed by atoms with Crippen LogP contribution in [0.2, 0.25) is 0 Å². The quantitative estimate of drug-likeness (QED) is 0.375. The summed E-state index contributed by atoms with van der Waals surface area (Å²) in [5, 5.41) is 3.58. The standard InChI is InChI=1S/C23H42N2O2/c1-5-9-15-25(16-10-6-2)17-11-14-24-20-21-12-13-22(27-18-7-3)23(19-21)26-8-4/h12-13,19,24H,5-11,14-18,20H2,1-4H3. The summed E-state index contributed by atoms with van der Waals surface area (Å²) < 4.78 is 11.5. The number of rotatable bonds is 17. The first-order valence-corrected chi connectivity index (χ1v) is 11.1. The second kappa shape index (κ2) is 15.8. The third-order valence-electron chi connectivity index (χ3n) is 4.58. The van der Waals surface area contributed by atoms with E-state index in [0.29, 0.717) is 6.61 Å². The first kappa shape index (κ1) is 23.8. The number of benzene rings is 1. The number of hydrogen-bond donors (Lipinski definition) is 1. The molecule has 0 fully saturated rings. The zero-order chi connectivity index (χ0) is 19.7. The van der Waals surface area contributed by atoms with Crippen LogP contribution in [0.4, 0.5) is 0 Å². The van der Waals surface area contributed by atoms with Gasteiger partial charge < -0.3 is 19.7 Å². The molecule has 0 radical (unpaired) electrons. The Morgan fingerprint density at radius 3 is 2.15 bits per heavy atom. The Balaban J connectivity index is 2.38. The summed E-state index contributed by atoms with van der Waals surface area (Å²) in [6.45, 7) is 15.7. The van der Waals surface area contributed by atoms with Crippen molar-refractivity contribution in [2.24, 2.45) is 0 Å². The molecule has 1 rings (SSSR count). The predicted molar refractivity (Wildman–Crippen MR) is 116 cm³/mol. The molecule has 4 nitrogen and oxygen atoms in total. The van der Waals surface area contributed by atoms with Crippen LogP contribution in [-0.2, 0) is 6.54 Å². The zero-order valence-corrected chi connectivity index (χ0v) is 18.2. The maximum atomic E-state index is 5.78. The molecule has 0 aliphatic rings. The molecular weight excluding hydrogens is 336 g/mol.